The van der Waals surface area contributed by atoms with E-state index < -0.39 is 11.6 Å². The van der Waals surface area contributed by atoms with E-state index >= 15 is 0 Å². The molecule has 0 fully saturated rings. The molecule has 2 heterocycles. The highest BCUT2D eigenvalue weighted by molar-refractivity contribution is 5.87. The van der Waals surface area contributed by atoms with E-state index in [2.05, 4.69) is 25.7 Å². The van der Waals surface area contributed by atoms with E-state index in [1.54, 1.807) is 17.9 Å². The molecule has 2 aromatic heterocycles. The molecule has 7 nitrogen and oxygen atoms in total. The molecule has 9 heteroatoms. The summed E-state index contributed by atoms with van der Waals surface area (Å²) in [5.41, 5.74) is 0.589. The predicted molar refractivity (Wildman–Crippen MR) is 81.5 cm³/mol. The van der Waals surface area contributed by atoms with Gasteiger partial charge in [0.15, 0.2) is 5.65 Å². The lowest BCUT2D eigenvalue weighted by Gasteiger charge is -2.10. The molecule has 0 bridgehead atoms. The Morgan fingerprint density at radius 1 is 1.26 bits per heavy atom. The second kappa shape index (κ2) is 6.13. The van der Waals surface area contributed by atoms with Crippen molar-refractivity contribution in [2.24, 2.45) is 7.05 Å². The van der Waals surface area contributed by atoms with Crippen LogP contribution >= 0.6 is 0 Å². The third-order valence-electron chi connectivity index (χ3n) is 3.17. The maximum Gasteiger partial charge on any atom is 0.231 e. The normalized spacial score (nSPS) is 11.0. The molecule has 1 aromatic carbocycles. The van der Waals surface area contributed by atoms with Gasteiger partial charge in [-0.2, -0.15) is 15.1 Å². The second-order valence-corrected chi connectivity index (χ2v) is 4.80. The summed E-state index contributed by atoms with van der Waals surface area (Å²) in [7, 11) is 1.72. The van der Waals surface area contributed by atoms with E-state index in [-0.39, 0.29) is 18.2 Å². The summed E-state index contributed by atoms with van der Waals surface area (Å²) in [6.07, 6.45) is 1.59. The van der Waals surface area contributed by atoms with Gasteiger partial charge in [-0.3, -0.25) is 4.68 Å². The molecule has 23 heavy (non-hydrogen) atoms. The number of benzene rings is 1. The molecule has 0 atom stereocenters. The van der Waals surface area contributed by atoms with Crippen molar-refractivity contribution in [3.8, 4) is 0 Å². The number of aliphatic hydroxyl groups is 1. The smallest absolute Gasteiger partial charge is 0.231 e. The zero-order valence-corrected chi connectivity index (χ0v) is 12.2. The van der Waals surface area contributed by atoms with Crippen LogP contribution in [0.15, 0.2) is 24.4 Å². The van der Waals surface area contributed by atoms with Crippen molar-refractivity contribution < 1.29 is 13.9 Å². The van der Waals surface area contributed by atoms with Gasteiger partial charge in [-0.05, 0) is 12.1 Å². The van der Waals surface area contributed by atoms with Crippen LogP contribution in [0.5, 0.6) is 0 Å². The zero-order chi connectivity index (χ0) is 16.4. The molecule has 0 radical (unpaired) electrons. The highest BCUT2D eigenvalue weighted by atomic mass is 19.1. The largest absolute Gasteiger partial charge is 0.395 e. The monoisotopic (exact) mass is 320 g/mol. The predicted octanol–water partition coefficient (Wildman–Crippen LogP) is 1.79. The molecule has 3 rings (SSSR count). The van der Waals surface area contributed by atoms with Crippen molar-refractivity contribution in [2.45, 2.75) is 0 Å². The van der Waals surface area contributed by atoms with Crippen molar-refractivity contribution in [1.82, 2.24) is 19.7 Å². The van der Waals surface area contributed by atoms with Crippen LogP contribution in [0.25, 0.3) is 11.0 Å². The Morgan fingerprint density at radius 3 is 2.83 bits per heavy atom. The van der Waals surface area contributed by atoms with Crippen LogP contribution < -0.4 is 10.6 Å². The lowest BCUT2D eigenvalue weighted by Crippen LogP contribution is -2.10. The zero-order valence-electron chi connectivity index (χ0n) is 12.2. The number of aromatic nitrogens is 4. The third kappa shape index (κ3) is 3.04. The number of hydrogen-bond acceptors (Lipinski definition) is 6. The van der Waals surface area contributed by atoms with Gasteiger partial charge in [0.05, 0.1) is 23.9 Å². The summed E-state index contributed by atoms with van der Waals surface area (Å²) >= 11 is 0. The first kappa shape index (κ1) is 15.1. The quantitative estimate of drug-likeness (QED) is 0.664. The number of nitrogens with zero attached hydrogens (tertiary/aromatic N) is 4. The van der Waals surface area contributed by atoms with E-state index in [0.717, 1.165) is 12.1 Å². The Hall–Kier alpha value is -2.81. The number of hydrogen-bond donors (Lipinski definition) is 3. The molecular formula is C14H14F2N6O. The van der Waals surface area contributed by atoms with Crippen LogP contribution in [0.4, 0.5) is 26.2 Å². The van der Waals surface area contributed by atoms with E-state index in [9.17, 15) is 8.78 Å². The molecule has 0 saturated carbocycles. The first-order valence-corrected chi connectivity index (χ1v) is 6.85. The molecule has 0 aliphatic heterocycles. The van der Waals surface area contributed by atoms with Gasteiger partial charge in [0.25, 0.3) is 0 Å². The SMILES string of the molecule is Cn1ncc2c(NCCO)nc(Nc3ccc(F)cc3F)nc21. The molecule has 120 valence electrons. The van der Waals surface area contributed by atoms with Gasteiger partial charge in [-0.15, -0.1) is 0 Å². The van der Waals surface area contributed by atoms with Crippen molar-refractivity contribution >= 4 is 28.5 Å². The summed E-state index contributed by atoms with van der Waals surface area (Å²) in [6, 6.07) is 3.18. The molecule has 0 aliphatic rings. The Bertz CT molecular complexity index is 851. The Morgan fingerprint density at radius 2 is 2.09 bits per heavy atom. The van der Waals surface area contributed by atoms with Crippen LogP contribution in [0.3, 0.4) is 0 Å². The van der Waals surface area contributed by atoms with Crippen LogP contribution in [0.2, 0.25) is 0 Å². The lowest BCUT2D eigenvalue weighted by molar-refractivity contribution is 0.311. The van der Waals surface area contributed by atoms with Gasteiger partial charge in [0, 0.05) is 19.7 Å². The summed E-state index contributed by atoms with van der Waals surface area (Å²) in [4.78, 5) is 8.53. The molecule has 0 amide bonds. The van der Waals surface area contributed by atoms with Crippen molar-refractivity contribution in [2.75, 3.05) is 23.8 Å². The third-order valence-corrected chi connectivity index (χ3v) is 3.17. The minimum absolute atomic E-state index is 0.0565. The number of anilines is 3. The lowest BCUT2D eigenvalue weighted by atomic mass is 10.3. The minimum atomic E-state index is -0.747. The van der Waals surface area contributed by atoms with E-state index in [1.807, 2.05) is 0 Å². The molecule has 0 unspecified atom stereocenters. The topological polar surface area (TPSA) is 87.9 Å². The molecule has 3 N–H and O–H groups in total. The number of aryl methyl sites for hydroxylation is 1. The van der Waals surface area contributed by atoms with Crippen LogP contribution in [-0.4, -0.2) is 38.0 Å². The van der Waals surface area contributed by atoms with Crippen LogP contribution in [-0.2, 0) is 7.05 Å². The van der Waals surface area contributed by atoms with Gasteiger partial charge < -0.3 is 15.7 Å². The van der Waals surface area contributed by atoms with E-state index in [0.29, 0.717) is 23.4 Å². The van der Waals surface area contributed by atoms with Gasteiger partial charge in [-0.25, -0.2) is 8.78 Å². The molecule has 3 aromatic rings. The summed E-state index contributed by atoms with van der Waals surface area (Å²) < 4.78 is 28.3. The highest BCUT2D eigenvalue weighted by Gasteiger charge is 2.13. The number of aliphatic hydroxyl groups excluding tert-OH is 1. The molecule has 0 spiro atoms. The van der Waals surface area contributed by atoms with Crippen LogP contribution in [0, 0.1) is 11.6 Å². The summed E-state index contributed by atoms with van der Waals surface area (Å²) in [5, 5.41) is 19.4. The highest BCUT2D eigenvalue weighted by Crippen LogP contribution is 2.24. The first-order chi connectivity index (χ1) is 11.1. The fourth-order valence-corrected chi connectivity index (χ4v) is 2.10. The van der Waals surface area contributed by atoms with Gasteiger partial charge in [-0.1, -0.05) is 0 Å². The second-order valence-electron chi connectivity index (χ2n) is 4.80. The molecule has 0 aliphatic carbocycles. The maximum atomic E-state index is 13.7. The fraction of sp³-hybridized carbons (Fsp3) is 0.214. The molecule has 0 saturated heterocycles. The van der Waals surface area contributed by atoms with Crippen molar-refractivity contribution in [3.05, 3.63) is 36.0 Å². The van der Waals surface area contributed by atoms with Crippen LogP contribution in [0.1, 0.15) is 0 Å². The standard InChI is InChI=1S/C14H14F2N6O/c1-22-13-9(7-18-22)12(17-4-5-23)20-14(21-13)19-11-3-2-8(15)6-10(11)16/h2-3,6-7,23H,4-5H2,1H3,(H2,17,19,20,21). The number of fused-ring (bicyclic) bond motifs is 1. The van der Waals surface area contributed by atoms with E-state index in [1.165, 1.54) is 6.07 Å². The van der Waals surface area contributed by atoms with Crippen molar-refractivity contribution in [1.29, 1.82) is 0 Å². The summed E-state index contributed by atoms with van der Waals surface area (Å²) in [6.45, 7) is 0.229. The number of rotatable bonds is 5. The van der Waals surface area contributed by atoms with E-state index in [4.69, 9.17) is 5.11 Å². The summed E-state index contributed by atoms with van der Waals surface area (Å²) in [5.74, 6) is -0.820. The maximum absolute atomic E-state index is 13.7. The number of nitrogens with one attached hydrogen (secondary N) is 2. The Balaban J connectivity index is 2.01. The average Bonchev–Trinajstić information content (AvgIpc) is 2.89. The van der Waals surface area contributed by atoms with Gasteiger partial charge in [0.1, 0.15) is 17.5 Å². The Labute approximate surface area is 130 Å². The fourth-order valence-electron chi connectivity index (χ4n) is 2.10. The van der Waals surface area contributed by atoms with Crippen molar-refractivity contribution in [3.63, 3.8) is 0 Å². The molecular weight excluding hydrogens is 306 g/mol. The van der Waals surface area contributed by atoms with Gasteiger partial charge in [0.2, 0.25) is 5.95 Å². The number of halogens is 2. The Kier molecular flexibility index (Phi) is 4.02. The average molecular weight is 320 g/mol. The van der Waals surface area contributed by atoms with Gasteiger partial charge >= 0.3 is 0 Å². The first-order valence-electron chi connectivity index (χ1n) is 6.85. The minimum Gasteiger partial charge on any atom is -0.395 e.